The maximum atomic E-state index is 12.8. The number of rotatable bonds is 2. The average Bonchev–Trinajstić information content (AvgIpc) is 2.75. The third-order valence-corrected chi connectivity index (χ3v) is 5.58. The SMILES string of the molecule is Cc1cc2[nH]c(=O)n(S(=O)(=O)c3ccccc3Cl)c2cc1N. The number of aryl methyl sites for hydroxylation is 1. The summed E-state index contributed by atoms with van der Waals surface area (Å²) in [6.45, 7) is 1.77. The van der Waals surface area contributed by atoms with E-state index < -0.39 is 15.7 Å². The van der Waals surface area contributed by atoms with Crippen LogP contribution in [0.3, 0.4) is 0 Å². The summed E-state index contributed by atoms with van der Waals surface area (Å²) in [5, 5.41) is 0.0452. The summed E-state index contributed by atoms with van der Waals surface area (Å²) in [7, 11) is -4.13. The second-order valence-corrected chi connectivity index (χ2v) is 7.02. The number of hydrogen-bond donors (Lipinski definition) is 2. The van der Waals surface area contributed by atoms with Crippen molar-refractivity contribution in [1.82, 2.24) is 8.96 Å². The molecule has 0 fully saturated rings. The minimum atomic E-state index is -4.13. The highest BCUT2D eigenvalue weighted by Crippen LogP contribution is 2.26. The third kappa shape index (κ3) is 2.10. The average molecular weight is 338 g/mol. The second-order valence-electron chi connectivity index (χ2n) is 4.86. The summed E-state index contributed by atoms with van der Waals surface area (Å²) in [4.78, 5) is 14.5. The Bertz CT molecular complexity index is 1050. The van der Waals surface area contributed by atoms with Gasteiger partial charge in [-0.3, -0.25) is 0 Å². The monoisotopic (exact) mass is 337 g/mol. The van der Waals surface area contributed by atoms with Gasteiger partial charge in [0.15, 0.2) is 0 Å². The predicted octanol–water partition coefficient (Wildman–Crippen LogP) is 2.11. The number of nitrogens with two attached hydrogens (primary N) is 1. The van der Waals surface area contributed by atoms with Gasteiger partial charge in [0.25, 0.3) is 10.0 Å². The van der Waals surface area contributed by atoms with Gasteiger partial charge in [-0.1, -0.05) is 23.7 Å². The quantitative estimate of drug-likeness (QED) is 0.700. The number of halogens is 1. The Morgan fingerprint density at radius 3 is 2.59 bits per heavy atom. The van der Waals surface area contributed by atoms with Crippen LogP contribution in [0.5, 0.6) is 0 Å². The van der Waals surface area contributed by atoms with E-state index in [-0.39, 0.29) is 15.4 Å². The van der Waals surface area contributed by atoms with E-state index in [4.69, 9.17) is 17.3 Å². The van der Waals surface area contributed by atoms with Crippen molar-refractivity contribution < 1.29 is 8.42 Å². The second kappa shape index (κ2) is 4.89. The molecule has 3 N–H and O–H groups in total. The Hall–Kier alpha value is -2.25. The van der Waals surface area contributed by atoms with E-state index in [1.54, 1.807) is 19.1 Å². The number of aromatic amines is 1. The van der Waals surface area contributed by atoms with Crippen molar-refractivity contribution in [2.45, 2.75) is 11.8 Å². The zero-order chi connectivity index (χ0) is 16.1. The van der Waals surface area contributed by atoms with Gasteiger partial charge in [-0.05, 0) is 36.8 Å². The summed E-state index contributed by atoms with van der Waals surface area (Å²) < 4.78 is 26.2. The summed E-state index contributed by atoms with van der Waals surface area (Å²) in [5.74, 6) is 0. The molecule has 1 heterocycles. The minimum Gasteiger partial charge on any atom is -0.398 e. The molecule has 0 spiro atoms. The first-order valence-electron chi connectivity index (χ1n) is 6.33. The third-order valence-electron chi connectivity index (χ3n) is 3.38. The first-order valence-corrected chi connectivity index (χ1v) is 8.15. The van der Waals surface area contributed by atoms with Gasteiger partial charge in [-0.15, -0.1) is 0 Å². The number of anilines is 1. The molecule has 0 amide bonds. The standard InChI is InChI=1S/C14H12ClN3O3S/c1-8-6-11-12(7-10(8)16)18(14(19)17-11)22(20,21)13-5-3-2-4-9(13)15/h2-7H,16H2,1H3,(H,17,19). The van der Waals surface area contributed by atoms with Gasteiger partial charge >= 0.3 is 5.69 Å². The van der Waals surface area contributed by atoms with Crippen LogP contribution in [0.25, 0.3) is 11.0 Å². The predicted molar refractivity (Wildman–Crippen MR) is 85.7 cm³/mol. The van der Waals surface area contributed by atoms with Gasteiger partial charge in [0.2, 0.25) is 0 Å². The highest BCUT2D eigenvalue weighted by molar-refractivity contribution is 7.90. The number of H-pyrrole nitrogens is 1. The zero-order valence-electron chi connectivity index (χ0n) is 11.5. The molecule has 0 saturated carbocycles. The van der Waals surface area contributed by atoms with E-state index in [1.807, 2.05) is 0 Å². The smallest absolute Gasteiger partial charge is 0.340 e. The fraction of sp³-hybridized carbons (Fsp3) is 0.0714. The lowest BCUT2D eigenvalue weighted by atomic mass is 10.2. The van der Waals surface area contributed by atoms with Gasteiger partial charge in [-0.2, -0.15) is 3.97 Å². The van der Waals surface area contributed by atoms with E-state index >= 15 is 0 Å². The molecule has 22 heavy (non-hydrogen) atoms. The summed E-state index contributed by atoms with van der Waals surface area (Å²) >= 11 is 5.96. The molecule has 6 nitrogen and oxygen atoms in total. The van der Waals surface area contributed by atoms with Crippen LogP contribution in [0.1, 0.15) is 5.56 Å². The van der Waals surface area contributed by atoms with Crippen molar-refractivity contribution in [3.63, 3.8) is 0 Å². The van der Waals surface area contributed by atoms with Crippen LogP contribution in [0.4, 0.5) is 5.69 Å². The molecule has 0 atom stereocenters. The molecule has 0 aliphatic carbocycles. The van der Waals surface area contributed by atoms with Crippen molar-refractivity contribution in [3.05, 3.63) is 57.5 Å². The Morgan fingerprint density at radius 2 is 1.91 bits per heavy atom. The van der Waals surface area contributed by atoms with Crippen LogP contribution in [-0.2, 0) is 10.0 Å². The first-order chi connectivity index (χ1) is 10.3. The van der Waals surface area contributed by atoms with Crippen molar-refractivity contribution in [2.75, 3.05) is 5.73 Å². The molecule has 0 aliphatic rings. The number of benzene rings is 2. The normalized spacial score (nSPS) is 11.9. The van der Waals surface area contributed by atoms with Gasteiger partial charge < -0.3 is 10.7 Å². The van der Waals surface area contributed by atoms with E-state index in [1.165, 1.54) is 24.3 Å². The number of imidazole rings is 1. The minimum absolute atomic E-state index is 0.0452. The molecule has 0 unspecified atom stereocenters. The van der Waals surface area contributed by atoms with E-state index in [9.17, 15) is 13.2 Å². The lowest BCUT2D eigenvalue weighted by Crippen LogP contribution is -2.25. The summed E-state index contributed by atoms with van der Waals surface area (Å²) in [5.41, 5.74) is 6.79. The van der Waals surface area contributed by atoms with Crippen molar-refractivity contribution in [3.8, 4) is 0 Å². The van der Waals surface area contributed by atoms with Crippen molar-refractivity contribution >= 4 is 38.3 Å². The van der Waals surface area contributed by atoms with Crippen LogP contribution in [0, 0.1) is 6.92 Å². The van der Waals surface area contributed by atoms with E-state index in [0.29, 0.717) is 15.2 Å². The molecular weight excluding hydrogens is 326 g/mol. The number of nitrogens with zero attached hydrogens (tertiary/aromatic N) is 1. The van der Waals surface area contributed by atoms with E-state index in [2.05, 4.69) is 4.98 Å². The summed E-state index contributed by atoms with van der Waals surface area (Å²) in [6.07, 6.45) is 0. The molecule has 0 saturated heterocycles. The zero-order valence-corrected chi connectivity index (χ0v) is 13.1. The fourth-order valence-electron chi connectivity index (χ4n) is 2.25. The fourth-order valence-corrected chi connectivity index (χ4v) is 4.11. The highest BCUT2D eigenvalue weighted by atomic mass is 35.5. The molecule has 0 aliphatic heterocycles. The maximum absolute atomic E-state index is 12.8. The topological polar surface area (TPSA) is 98.0 Å². The van der Waals surface area contributed by atoms with E-state index in [0.717, 1.165) is 5.56 Å². The van der Waals surface area contributed by atoms with Crippen LogP contribution in [-0.4, -0.2) is 17.4 Å². The first kappa shape index (κ1) is 14.7. The molecule has 8 heteroatoms. The molecule has 0 radical (unpaired) electrons. The molecule has 0 bridgehead atoms. The molecule has 1 aromatic heterocycles. The maximum Gasteiger partial charge on any atom is 0.340 e. The molecule has 3 aromatic rings. The highest BCUT2D eigenvalue weighted by Gasteiger charge is 2.25. The molecule has 2 aromatic carbocycles. The lowest BCUT2D eigenvalue weighted by molar-refractivity contribution is 0.587. The number of fused-ring (bicyclic) bond motifs is 1. The van der Waals surface area contributed by atoms with Crippen LogP contribution < -0.4 is 11.4 Å². The Labute approximate surface area is 131 Å². The summed E-state index contributed by atoms with van der Waals surface area (Å²) in [6, 6.07) is 9.03. The van der Waals surface area contributed by atoms with Crippen molar-refractivity contribution in [1.29, 1.82) is 0 Å². The molecule has 114 valence electrons. The Kier molecular flexibility index (Phi) is 3.26. The van der Waals surface area contributed by atoms with Crippen molar-refractivity contribution in [2.24, 2.45) is 0 Å². The largest absolute Gasteiger partial charge is 0.398 e. The molecular formula is C14H12ClN3O3S. The number of hydrogen-bond acceptors (Lipinski definition) is 4. The Balaban J connectivity index is 2.40. The van der Waals surface area contributed by atoms with Crippen LogP contribution in [0.2, 0.25) is 5.02 Å². The van der Waals surface area contributed by atoms with Gasteiger partial charge in [0.05, 0.1) is 16.1 Å². The molecule has 3 rings (SSSR count). The number of nitrogens with one attached hydrogen (secondary N) is 1. The van der Waals surface area contributed by atoms with Gasteiger partial charge in [0, 0.05) is 5.69 Å². The lowest BCUT2D eigenvalue weighted by Gasteiger charge is -2.08. The van der Waals surface area contributed by atoms with Gasteiger partial charge in [-0.25, -0.2) is 13.2 Å². The Morgan fingerprint density at radius 1 is 1.23 bits per heavy atom. The number of nitrogen functional groups attached to an aromatic ring is 1. The van der Waals surface area contributed by atoms with Crippen LogP contribution >= 0.6 is 11.6 Å². The van der Waals surface area contributed by atoms with Crippen LogP contribution in [0.15, 0.2) is 46.1 Å². The van der Waals surface area contributed by atoms with Gasteiger partial charge in [0.1, 0.15) is 4.90 Å². The number of aromatic nitrogens is 2.